The van der Waals surface area contributed by atoms with Crippen molar-refractivity contribution in [2.45, 2.75) is 19.4 Å². The van der Waals surface area contributed by atoms with Gasteiger partial charge < -0.3 is 10.1 Å². The first kappa shape index (κ1) is 14.5. The predicted octanol–water partition coefficient (Wildman–Crippen LogP) is 3.36. The van der Waals surface area contributed by atoms with Crippen molar-refractivity contribution in [1.29, 1.82) is 0 Å². The van der Waals surface area contributed by atoms with E-state index in [1.165, 1.54) is 0 Å². The lowest BCUT2D eigenvalue weighted by Gasteiger charge is -2.14. The summed E-state index contributed by atoms with van der Waals surface area (Å²) in [6.07, 6.45) is 0.893. The molecule has 17 heavy (non-hydrogen) atoms. The summed E-state index contributed by atoms with van der Waals surface area (Å²) in [5.74, 6) is 0.464. The molecule has 1 aromatic rings. The molecule has 1 N–H and O–H groups in total. The van der Waals surface area contributed by atoms with E-state index in [0.717, 1.165) is 16.2 Å². The van der Waals surface area contributed by atoms with Crippen LogP contribution < -0.4 is 10.1 Å². The molecule has 0 radical (unpaired) electrons. The van der Waals surface area contributed by atoms with Gasteiger partial charge in [-0.2, -0.15) is 0 Å². The summed E-state index contributed by atoms with van der Waals surface area (Å²) in [6, 6.07) is 5.49. The number of hydrogen-bond donors (Lipinski definition) is 1. The molecular formula is C12H15Br2NO2. The molecule has 1 unspecified atom stereocenters. The summed E-state index contributed by atoms with van der Waals surface area (Å²) < 4.78 is 6.08. The molecule has 1 atom stereocenters. The minimum atomic E-state index is -0.109. The van der Waals surface area contributed by atoms with Crippen molar-refractivity contribution in [1.82, 2.24) is 5.32 Å². The summed E-state index contributed by atoms with van der Waals surface area (Å²) in [7, 11) is 1.56. The third-order valence-electron chi connectivity index (χ3n) is 2.33. The van der Waals surface area contributed by atoms with Gasteiger partial charge in [-0.25, -0.2) is 0 Å². The van der Waals surface area contributed by atoms with Crippen LogP contribution in [0.3, 0.4) is 0 Å². The number of benzene rings is 1. The first-order valence-electron chi connectivity index (χ1n) is 5.29. The van der Waals surface area contributed by atoms with Gasteiger partial charge in [0.2, 0.25) is 0 Å². The second-order valence-corrected chi connectivity index (χ2v) is 5.41. The second kappa shape index (κ2) is 7.01. The van der Waals surface area contributed by atoms with Crippen molar-refractivity contribution >= 4 is 37.8 Å². The van der Waals surface area contributed by atoms with E-state index in [1.54, 1.807) is 19.2 Å². The minimum Gasteiger partial charge on any atom is -0.496 e. The van der Waals surface area contributed by atoms with Gasteiger partial charge in [0.15, 0.2) is 0 Å². The number of hydrogen-bond acceptors (Lipinski definition) is 2. The topological polar surface area (TPSA) is 38.3 Å². The Labute approximate surface area is 118 Å². The van der Waals surface area contributed by atoms with Gasteiger partial charge in [-0.05, 0) is 31.5 Å². The molecule has 0 aromatic heterocycles. The number of amides is 1. The molecule has 0 heterocycles. The standard InChI is InChI=1S/C12H15Br2NO2/c1-8(5-6-13)15-12(16)10-4-3-9(14)7-11(10)17-2/h3-4,7-8H,5-6H2,1-2H3,(H,15,16). The van der Waals surface area contributed by atoms with Gasteiger partial charge in [0, 0.05) is 15.8 Å². The van der Waals surface area contributed by atoms with Crippen LogP contribution in [-0.4, -0.2) is 24.4 Å². The Balaban J connectivity index is 2.81. The van der Waals surface area contributed by atoms with Crippen molar-refractivity contribution in [2.24, 2.45) is 0 Å². The minimum absolute atomic E-state index is 0.109. The van der Waals surface area contributed by atoms with Crippen LogP contribution in [0.5, 0.6) is 5.75 Å². The molecule has 0 aliphatic heterocycles. The monoisotopic (exact) mass is 363 g/mol. The van der Waals surface area contributed by atoms with Crippen LogP contribution >= 0.6 is 31.9 Å². The normalized spacial score (nSPS) is 12.0. The summed E-state index contributed by atoms with van der Waals surface area (Å²) >= 11 is 6.70. The van der Waals surface area contributed by atoms with Crippen LogP contribution in [0.25, 0.3) is 0 Å². The number of carbonyl (C=O) groups excluding carboxylic acids is 1. The number of halogens is 2. The highest BCUT2D eigenvalue weighted by molar-refractivity contribution is 9.10. The summed E-state index contributed by atoms with van der Waals surface area (Å²) in [5.41, 5.74) is 0.553. The van der Waals surface area contributed by atoms with Gasteiger partial charge in [-0.15, -0.1) is 0 Å². The van der Waals surface area contributed by atoms with Crippen molar-refractivity contribution < 1.29 is 9.53 Å². The Bertz CT molecular complexity index is 396. The van der Waals surface area contributed by atoms with Gasteiger partial charge in [0.25, 0.3) is 5.91 Å². The fourth-order valence-electron chi connectivity index (χ4n) is 1.39. The van der Waals surface area contributed by atoms with Crippen LogP contribution in [0.4, 0.5) is 0 Å². The molecule has 1 rings (SSSR count). The predicted molar refractivity (Wildman–Crippen MR) is 76.0 cm³/mol. The molecule has 3 nitrogen and oxygen atoms in total. The number of ether oxygens (including phenoxy) is 1. The lowest BCUT2D eigenvalue weighted by molar-refractivity contribution is 0.0936. The highest BCUT2D eigenvalue weighted by Gasteiger charge is 2.14. The van der Waals surface area contributed by atoms with Crippen LogP contribution in [-0.2, 0) is 0 Å². The maximum absolute atomic E-state index is 12.0. The highest BCUT2D eigenvalue weighted by atomic mass is 79.9. The summed E-state index contributed by atoms with van der Waals surface area (Å²) in [5, 5.41) is 3.79. The average molecular weight is 365 g/mol. The molecule has 0 aliphatic carbocycles. The zero-order valence-electron chi connectivity index (χ0n) is 9.80. The quantitative estimate of drug-likeness (QED) is 0.813. The maximum atomic E-state index is 12.0. The molecule has 1 aromatic carbocycles. The van der Waals surface area contributed by atoms with E-state index in [4.69, 9.17) is 4.74 Å². The second-order valence-electron chi connectivity index (χ2n) is 3.70. The van der Waals surface area contributed by atoms with E-state index < -0.39 is 0 Å². The van der Waals surface area contributed by atoms with E-state index in [1.807, 2.05) is 13.0 Å². The van der Waals surface area contributed by atoms with Crippen molar-refractivity contribution in [3.05, 3.63) is 28.2 Å². The van der Waals surface area contributed by atoms with Gasteiger partial charge in [-0.3, -0.25) is 4.79 Å². The van der Waals surface area contributed by atoms with E-state index >= 15 is 0 Å². The smallest absolute Gasteiger partial charge is 0.255 e. The van der Waals surface area contributed by atoms with Crippen LogP contribution in [0, 0.1) is 0 Å². The lowest BCUT2D eigenvalue weighted by Crippen LogP contribution is -2.33. The Morgan fingerprint density at radius 1 is 1.53 bits per heavy atom. The number of methoxy groups -OCH3 is 1. The first-order valence-corrected chi connectivity index (χ1v) is 7.20. The highest BCUT2D eigenvalue weighted by Crippen LogP contribution is 2.23. The Morgan fingerprint density at radius 2 is 2.24 bits per heavy atom. The number of carbonyl (C=O) groups is 1. The van der Waals surface area contributed by atoms with E-state index in [9.17, 15) is 4.79 Å². The third-order valence-corrected chi connectivity index (χ3v) is 3.28. The SMILES string of the molecule is COc1cc(Br)ccc1C(=O)NC(C)CCBr. The molecular weight excluding hydrogens is 350 g/mol. The molecule has 1 amide bonds. The van der Waals surface area contributed by atoms with Gasteiger partial charge in [0.1, 0.15) is 5.75 Å². The van der Waals surface area contributed by atoms with E-state index in [0.29, 0.717) is 11.3 Å². The van der Waals surface area contributed by atoms with Crippen molar-refractivity contribution in [3.63, 3.8) is 0 Å². The molecule has 0 saturated heterocycles. The van der Waals surface area contributed by atoms with E-state index in [-0.39, 0.29) is 11.9 Å². The fourth-order valence-corrected chi connectivity index (χ4v) is 2.42. The summed E-state index contributed by atoms with van der Waals surface area (Å²) in [4.78, 5) is 12.0. The van der Waals surface area contributed by atoms with Gasteiger partial charge in [-0.1, -0.05) is 31.9 Å². The maximum Gasteiger partial charge on any atom is 0.255 e. The van der Waals surface area contributed by atoms with Crippen LogP contribution in [0.15, 0.2) is 22.7 Å². The summed E-state index contributed by atoms with van der Waals surface area (Å²) in [6.45, 7) is 1.98. The third kappa shape index (κ3) is 4.32. The molecule has 0 aliphatic rings. The van der Waals surface area contributed by atoms with Gasteiger partial charge in [0.05, 0.1) is 12.7 Å². The molecule has 0 spiro atoms. The van der Waals surface area contributed by atoms with Crippen molar-refractivity contribution in [2.75, 3.05) is 12.4 Å². The number of nitrogens with one attached hydrogen (secondary N) is 1. The molecule has 5 heteroatoms. The largest absolute Gasteiger partial charge is 0.496 e. The van der Waals surface area contributed by atoms with Crippen LogP contribution in [0.2, 0.25) is 0 Å². The Morgan fingerprint density at radius 3 is 2.82 bits per heavy atom. The van der Waals surface area contributed by atoms with Gasteiger partial charge >= 0.3 is 0 Å². The zero-order chi connectivity index (χ0) is 12.8. The molecule has 0 bridgehead atoms. The van der Waals surface area contributed by atoms with Crippen LogP contribution in [0.1, 0.15) is 23.7 Å². The molecule has 0 saturated carbocycles. The lowest BCUT2D eigenvalue weighted by atomic mass is 10.1. The van der Waals surface area contributed by atoms with E-state index in [2.05, 4.69) is 37.2 Å². The molecule has 0 fully saturated rings. The average Bonchev–Trinajstić information content (AvgIpc) is 2.28. The molecule has 94 valence electrons. The number of rotatable bonds is 5. The van der Waals surface area contributed by atoms with Crippen molar-refractivity contribution in [3.8, 4) is 5.75 Å². The fraction of sp³-hybridized carbons (Fsp3) is 0.417. The number of alkyl halides is 1. The Hall–Kier alpha value is -0.550. The zero-order valence-corrected chi connectivity index (χ0v) is 13.0. The Kier molecular flexibility index (Phi) is 5.98. The first-order chi connectivity index (χ1) is 8.08.